The third-order valence-corrected chi connectivity index (χ3v) is 4.42. The summed E-state index contributed by atoms with van der Waals surface area (Å²) in [4.78, 5) is 9.20. The van der Waals surface area contributed by atoms with E-state index in [0.717, 1.165) is 18.4 Å². The third kappa shape index (κ3) is 3.87. The quantitative estimate of drug-likeness (QED) is 0.596. The number of nitrogens with two attached hydrogens (primary N) is 1. The number of piperidine rings is 1. The first-order valence-corrected chi connectivity index (χ1v) is 7.45. The Labute approximate surface area is 111 Å². The van der Waals surface area contributed by atoms with Crippen molar-refractivity contribution in [3.63, 3.8) is 0 Å². The van der Waals surface area contributed by atoms with Crippen LogP contribution in [0.15, 0.2) is 4.99 Å². The van der Waals surface area contributed by atoms with E-state index in [9.17, 15) is 0 Å². The van der Waals surface area contributed by atoms with Crippen LogP contribution in [0.4, 0.5) is 0 Å². The van der Waals surface area contributed by atoms with Gasteiger partial charge in [-0.15, -0.1) is 0 Å². The molecule has 1 aliphatic heterocycles. The van der Waals surface area contributed by atoms with Gasteiger partial charge >= 0.3 is 0 Å². The highest BCUT2D eigenvalue weighted by Crippen LogP contribution is 2.25. The molecule has 0 unspecified atom stereocenters. The minimum atomic E-state index is 0.668. The number of aliphatic imine (C=N–C) groups is 1. The number of hydrogen-bond donors (Lipinski definition) is 1. The van der Waals surface area contributed by atoms with Gasteiger partial charge in [-0.3, -0.25) is 4.99 Å². The lowest BCUT2D eigenvalue weighted by Gasteiger charge is -2.30. The predicted octanol–water partition coefficient (Wildman–Crippen LogP) is 1.52. The normalized spacial score (nSPS) is 23.3. The summed E-state index contributed by atoms with van der Waals surface area (Å²) in [5, 5.41) is 0. The molecule has 1 heterocycles. The molecule has 104 valence electrons. The maximum absolute atomic E-state index is 5.99. The summed E-state index contributed by atoms with van der Waals surface area (Å²) in [5.74, 6) is 1.60. The molecule has 0 atom stereocenters. The van der Waals surface area contributed by atoms with Gasteiger partial charge in [0.2, 0.25) is 0 Å². The summed E-state index contributed by atoms with van der Waals surface area (Å²) >= 11 is 0. The van der Waals surface area contributed by atoms with Crippen LogP contribution < -0.4 is 5.73 Å². The van der Waals surface area contributed by atoms with Gasteiger partial charge in [0.05, 0.1) is 0 Å². The molecule has 0 aromatic heterocycles. The summed E-state index contributed by atoms with van der Waals surface area (Å²) in [6.45, 7) is 6.88. The Morgan fingerprint density at radius 2 is 1.94 bits per heavy atom. The van der Waals surface area contributed by atoms with Crippen molar-refractivity contribution in [2.24, 2.45) is 16.6 Å². The molecule has 0 bridgehead atoms. The molecule has 0 aromatic carbocycles. The number of nitrogens with zero attached hydrogens (tertiary/aromatic N) is 3. The number of hydrogen-bond acceptors (Lipinski definition) is 2. The second-order valence-corrected chi connectivity index (χ2v) is 5.75. The molecule has 4 heteroatoms. The lowest BCUT2D eigenvalue weighted by atomic mass is 9.94. The smallest absolute Gasteiger partial charge is 0.191 e. The van der Waals surface area contributed by atoms with E-state index in [1.165, 1.54) is 51.7 Å². The highest BCUT2D eigenvalue weighted by Gasteiger charge is 2.27. The van der Waals surface area contributed by atoms with Crippen molar-refractivity contribution in [1.82, 2.24) is 9.80 Å². The molecule has 0 amide bonds. The zero-order valence-electron chi connectivity index (χ0n) is 11.9. The summed E-state index contributed by atoms with van der Waals surface area (Å²) in [5.41, 5.74) is 5.99. The van der Waals surface area contributed by atoms with E-state index in [1.54, 1.807) is 0 Å². The zero-order valence-corrected chi connectivity index (χ0v) is 11.9. The van der Waals surface area contributed by atoms with Crippen LogP contribution in [0, 0.1) is 5.92 Å². The fraction of sp³-hybridized carbons (Fsp3) is 0.929. The Morgan fingerprint density at radius 1 is 1.28 bits per heavy atom. The fourth-order valence-corrected chi connectivity index (χ4v) is 2.71. The average Bonchev–Trinajstić information content (AvgIpc) is 3.23. The van der Waals surface area contributed by atoms with E-state index >= 15 is 0 Å². The molecular weight excluding hydrogens is 224 g/mol. The second kappa shape index (κ2) is 6.41. The minimum absolute atomic E-state index is 0.668. The van der Waals surface area contributed by atoms with Gasteiger partial charge < -0.3 is 15.5 Å². The first-order chi connectivity index (χ1) is 8.70. The third-order valence-electron chi connectivity index (χ3n) is 4.42. The van der Waals surface area contributed by atoms with Crippen molar-refractivity contribution in [3.05, 3.63) is 0 Å². The van der Waals surface area contributed by atoms with Crippen LogP contribution in [0.1, 0.15) is 39.0 Å². The maximum Gasteiger partial charge on any atom is 0.191 e. The Bertz CT molecular complexity index is 278. The van der Waals surface area contributed by atoms with Crippen molar-refractivity contribution in [2.45, 2.75) is 45.1 Å². The first-order valence-electron chi connectivity index (χ1n) is 7.45. The van der Waals surface area contributed by atoms with Gasteiger partial charge in [0.1, 0.15) is 0 Å². The molecule has 18 heavy (non-hydrogen) atoms. The lowest BCUT2D eigenvalue weighted by molar-refractivity contribution is 0.188. The Balaban J connectivity index is 1.64. The molecule has 0 spiro atoms. The first kappa shape index (κ1) is 13.7. The van der Waals surface area contributed by atoms with E-state index in [-0.39, 0.29) is 0 Å². The average molecular weight is 252 g/mol. The van der Waals surface area contributed by atoms with Gasteiger partial charge in [-0.2, -0.15) is 0 Å². The Hall–Kier alpha value is -0.770. The van der Waals surface area contributed by atoms with Crippen LogP contribution in [0.3, 0.4) is 0 Å². The van der Waals surface area contributed by atoms with E-state index < -0.39 is 0 Å². The largest absolute Gasteiger partial charge is 0.370 e. The lowest BCUT2D eigenvalue weighted by Crippen LogP contribution is -2.36. The highest BCUT2D eigenvalue weighted by atomic mass is 15.3. The summed E-state index contributed by atoms with van der Waals surface area (Å²) in [6, 6.07) is 0.668. The topological polar surface area (TPSA) is 44.9 Å². The van der Waals surface area contributed by atoms with Crippen LogP contribution in [0.25, 0.3) is 0 Å². The Kier molecular flexibility index (Phi) is 4.87. The van der Waals surface area contributed by atoms with Crippen molar-refractivity contribution >= 4 is 5.96 Å². The van der Waals surface area contributed by atoms with E-state index in [4.69, 9.17) is 5.73 Å². The molecule has 0 aromatic rings. The van der Waals surface area contributed by atoms with Crippen LogP contribution in [0.2, 0.25) is 0 Å². The van der Waals surface area contributed by atoms with Gasteiger partial charge in [-0.25, -0.2) is 0 Å². The number of guanidine groups is 1. The zero-order chi connectivity index (χ0) is 13.0. The van der Waals surface area contributed by atoms with Crippen LogP contribution in [0.5, 0.6) is 0 Å². The molecule has 2 fully saturated rings. The highest BCUT2D eigenvalue weighted by molar-refractivity contribution is 5.78. The molecule has 1 saturated carbocycles. The summed E-state index contributed by atoms with van der Waals surface area (Å²) in [6.07, 6.45) is 6.44. The van der Waals surface area contributed by atoms with Gasteiger partial charge in [0.15, 0.2) is 5.96 Å². The van der Waals surface area contributed by atoms with Crippen LogP contribution in [-0.2, 0) is 0 Å². The van der Waals surface area contributed by atoms with E-state index in [0.29, 0.717) is 6.04 Å². The molecule has 2 rings (SSSR count). The standard InChI is InChI=1S/C14H28N4/c1-3-18-10-7-12(8-11-18)6-9-16-14(15)17(2)13-4-5-13/h12-13H,3-11H2,1-2H3,(H2,15,16). The van der Waals surface area contributed by atoms with E-state index in [1.807, 2.05) is 0 Å². The van der Waals surface area contributed by atoms with E-state index in [2.05, 4.69) is 28.8 Å². The van der Waals surface area contributed by atoms with Gasteiger partial charge in [-0.05, 0) is 57.7 Å². The molecule has 1 saturated heterocycles. The molecule has 0 radical (unpaired) electrons. The Morgan fingerprint density at radius 3 is 2.50 bits per heavy atom. The van der Waals surface area contributed by atoms with Gasteiger partial charge in [0.25, 0.3) is 0 Å². The van der Waals surface area contributed by atoms with Crippen molar-refractivity contribution in [2.75, 3.05) is 33.2 Å². The summed E-state index contributed by atoms with van der Waals surface area (Å²) < 4.78 is 0. The number of likely N-dealkylation sites (tertiary alicyclic amines) is 1. The van der Waals surface area contributed by atoms with Crippen LogP contribution >= 0.6 is 0 Å². The molecular formula is C14H28N4. The molecule has 2 N–H and O–H groups in total. The molecule has 4 nitrogen and oxygen atoms in total. The fourth-order valence-electron chi connectivity index (χ4n) is 2.71. The molecule has 1 aliphatic carbocycles. The second-order valence-electron chi connectivity index (χ2n) is 5.75. The monoisotopic (exact) mass is 252 g/mol. The van der Waals surface area contributed by atoms with Crippen molar-refractivity contribution in [3.8, 4) is 0 Å². The van der Waals surface area contributed by atoms with Crippen molar-refractivity contribution < 1.29 is 0 Å². The van der Waals surface area contributed by atoms with Gasteiger partial charge in [0, 0.05) is 19.6 Å². The summed E-state index contributed by atoms with van der Waals surface area (Å²) in [7, 11) is 2.07. The van der Waals surface area contributed by atoms with Crippen LogP contribution in [-0.4, -0.2) is 55.0 Å². The predicted molar refractivity (Wildman–Crippen MR) is 76.7 cm³/mol. The number of rotatable bonds is 5. The SMILES string of the molecule is CCN1CCC(CCN=C(N)N(C)C2CC2)CC1. The minimum Gasteiger partial charge on any atom is -0.370 e. The van der Waals surface area contributed by atoms with Crippen molar-refractivity contribution in [1.29, 1.82) is 0 Å². The molecule has 2 aliphatic rings. The maximum atomic E-state index is 5.99. The van der Waals surface area contributed by atoms with Gasteiger partial charge in [-0.1, -0.05) is 6.92 Å².